The Labute approximate surface area is 161 Å². The van der Waals surface area contributed by atoms with Crippen LogP contribution in [0.4, 0.5) is 0 Å². The summed E-state index contributed by atoms with van der Waals surface area (Å²) in [4.78, 5) is 13.9. The van der Waals surface area contributed by atoms with E-state index in [9.17, 15) is 9.90 Å². The average molecular weight is 374 g/mol. The largest absolute Gasteiger partial charge is 0.486 e. The summed E-state index contributed by atoms with van der Waals surface area (Å²) in [6, 6.07) is 11.3. The first-order chi connectivity index (χ1) is 12.6. The standard InChI is InChI=1S/C21H30N2O4/c1-21(2,3)15-6-8-17(9-7-15)26-14-18-10-11-19(27-18)20(25)22-12-16(24)13-23(4)5/h6-11,16,24H,12-14H2,1-5H3,(H,22,25). The molecule has 2 rings (SSSR count). The van der Waals surface area contributed by atoms with E-state index in [1.807, 2.05) is 31.1 Å². The van der Waals surface area contributed by atoms with E-state index in [0.29, 0.717) is 12.3 Å². The third-order valence-corrected chi connectivity index (χ3v) is 4.06. The van der Waals surface area contributed by atoms with Gasteiger partial charge in [0.05, 0.1) is 6.10 Å². The van der Waals surface area contributed by atoms with Gasteiger partial charge < -0.3 is 24.5 Å². The number of carbonyl (C=O) groups excluding carboxylic acids is 1. The van der Waals surface area contributed by atoms with Crippen LogP contribution in [0, 0.1) is 0 Å². The monoisotopic (exact) mass is 374 g/mol. The van der Waals surface area contributed by atoms with Crippen LogP contribution in [0.2, 0.25) is 0 Å². The number of rotatable bonds is 8. The second kappa shape index (κ2) is 9.06. The summed E-state index contributed by atoms with van der Waals surface area (Å²) in [7, 11) is 3.72. The molecule has 1 aromatic heterocycles. The molecule has 0 radical (unpaired) electrons. The number of ether oxygens (including phenoxy) is 1. The van der Waals surface area contributed by atoms with Crippen molar-refractivity contribution in [3.8, 4) is 5.75 Å². The summed E-state index contributed by atoms with van der Waals surface area (Å²) >= 11 is 0. The Bertz CT molecular complexity index is 729. The lowest BCUT2D eigenvalue weighted by atomic mass is 9.87. The molecule has 2 aromatic rings. The van der Waals surface area contributed by atoms with Gasteiger partial charge in [0, 0.05) is 13.1 Å². The second-order valence-corrected chi connectivity index (χ2v) is 7.96. The summed E-state index contributed by atoms with van der Waals surface area (Å²) in [5.74, 6) is 1.16. The van der Waals surface area contributed by atoms with Gasteiger partial charge in [0.15, 0.2) is 5.76 Å². The van der Waals surface area contributed by atoms with Crippen molar-refractivity contribution in [3.05, 3.63) is 53.5 Å². The molecular formula is C21H30N2O4. The van der Waals surface area contributed by atoms with Gasteiger partial charge >= 0.3 is 0 Å². The number of hydrogen-bond acceptors (Lipinski definition) is 5. The van der Waals surface area contributed by atoms with Crippen LogP contribution < -0.4 is 10.1 Å². The summed E-state index contributed by atoms with van der Waals surface area (Å²) in [6.45, 7) is 7.38. The minimum Gasteiger partial charge on any atom is -0.486 e. The second-order valence-electron chi connectivity index (χ2n) is 7.96. The lowest BCUT2D eigenvalue weighted by molar-refractivity contribution is 0.0862. The van der Waals surface area contributed by atoms with Crippen LogP contribution >= 0.6 is 0 Å². The van der Waals surface area contributed by atoms with Gasteiger partial charge in [-0.15, -0.1) is 0 Å². The molecule has 6 heteroatoms. The number of nitrogens with one attached hydrogen (secondary N) is 1. The number of benzene rings is 1. The van der Waals surface area contributed by atoms with E-state index in [1.165, 1.54) is 5.56 Å². The van der Waals surface area contributed by atoms with Gasteiger partial charge in [-0.2, -0.15) is 0 Å². The summed E-state index contributed by atoms with van der Waals surface area (Å²) in [5, 5.41) is 12.5. The first kappa shape index (κ1) is 21.0. The molecule has 2 N–H and O–H groups in total. The third-order valence-electron chi connectivity index (χ3n) is 4.06. The van der Waals surface area contributed by atoms with Gasteiger partial charge in [-0.25, -0.2) is 0 Å². The molecule has 0 saturated heterocycles. The number of nitrogens with zero attached hydrogens (tertiary/aromatic N) is 1. The van der Waals surface area contributed by atoms with Crippen LogP contribution in [0.3, 0.4) is 0 Å². The molecule has 1 unspecified atom stereocenters. The lowest BCUT2D eigenvalue weighted by Gasteiger charge is -2.19. The van der Waals surface area contributed by atoms with Gasteiger partial charge in [-0.1, -0.05) is 32.9 Å². The van der Waals surface area contributed by atoms with Gasteiger partial charge in [0.1, 0.15) is 18.1 Å². The zero-order valence-electron chi connectivity index (χ0n) is 16.8. The maximum Gasteiger partial charge on any atom is 0.287 e. The number of hydrogen-bond donors (Lipinski definition) is 2. The molecule has 1 aromatic carbocycles. The van der Waals surface area contributed by atoms with Gasteiger partial charge in [-0.3, -0.25) is 4.79 Å². The summed E-state index contributed by atoms with van der Waals surface area (Å²) in [5.41, 5.74) is 1.34. The Hall–Kier alpha value is -2.31. The number of aliphatic hydroxyl groups is 1. The van der Waals surface area contributed by atoms with E-state index in [-0.39, 0.29) is 30.2 Å². The van der Waals surface area contributed by atoms with Gasteiger partial charge in [0.2, 0.25) is 0 Å². The Morgan fingerprint density at radius 2 is 1.85 bits per heavy atom. The van der Waals surface area contributed by atoms with Gasteiger partial charge in [-0.05, 0) is 49.3 Å². The molecule has 1 heterocycles. The van der Waals surface area contributed by atoms with Crippen LogP contribution in [0.1, 0.15) is 42.6 Å². The molecule has 1 amide bonds. The molecule has 0 spiro atoms. The van der Waals surface area contributed by atoms with Crippen molar-refractivity contribution >= 4 is 5.91 Å². The minimum atomic E-state index is -0.627. The topological polar surface area (TPSA) is 74.9 Å². The highest BCUT2D eigenvalue weighted by atomic mass is 16.5. The number of furan rings is 1. The van der Waals surface area contributed by atoms with Crippen molar-refractivity contribution in [2.24, 2.45) is 0 Å². The first-order valence-electron chi connectivity index (χ1n) is 9.08. The highest BCUT2D eigenvalue weighted by molar-refractivity contribution is 5.91. The van der Waals surface area contributed by atoms with Crippen LogP contribution in [0.25, 0.3) is 0 Å². The van der Waals surface area contributed by atoms with Crippen molar-refractivity contribution in [3.63, 3.8) is 0 Å². The molecule has 0 saturated carbocycles. The molecule has 148 valence electrons. The van der Waals surface area contributed by atoms with Gasteiger partial charge in [0.25, 0.3) is 5.91 Å². The highest BCUT2D eigenvalue weighted by Crippen LogP contribution is 2.24. The number of carbonyl (C=O) groups is 1. The van der Waals surface area contributed by atoms with Crippen molar-refractivity contribution in [1.82, 2.24) is 10.2 Å². The fourth-order valence-corrected chi connectivity index (χ4v) is 2.57. The molecular weight excluding hydrogens is 344 g/mol. The number of aliphatic hydroxyl groups excluding tert-OH is 1. The zero-order chi connectivity index (χ0) is 20.0. The Balaban J connectivity index is 1.84. The van der Waals surface area contributed by atoms with E-state index >= 15 is 0 Å². The molecule has 1 atom stereocenters. The Morgan fingerprint density at radius 1 is 1.19 bits per heavy atom. The fourth-order valence-electron chi connectivity index (χ4n) is 2.57. The molecule has 0 bridgehead atoms. The Morgan fingerprint density at radius 3 is 2.44 bits per heavy atom. The lowest BCUT2D eigenvalue weighted by Crippen LogP contribution is -2.37. The fraction of sp³-hybridized carbons (Fsp3) is 0.476. The van der Waals surface area contributed by atoms with Crippen molar-refractivity contribution in [1.29, 1.82) is 0 Å². The highest BCUT2D eigenvalue weighted by Gasteiger charge is 2.15. The van der Waals surface area contributed by atoms with E-state index in [0.717, 1.165) is 5.75 Å². The van der Waals surface area contributed by atoms with E-state index in [4.69, 9.17) is 9.15 Å². The van der Waals surface area contributed by atoms with Crippen LogP contribution in [0.15, 0.2) is 40.8 Å². The van der Waals surface area contributed by atoms with Crippen molar-refractivity contribution in [2.45, 2.75) is 38.9 Å². The minimum absolute atomic E-state index is 0.0991. The van der Waals surface area contributed by atoms with Crippen LogP contribution in [-0.2, 0) is 12.0 Å². The average Bonchev–Trinajstić information content (AvgIpc) is 3.06. The van der Waals surface area contributed by atoms with Crippen LogP contribution in [0.5, 0.6) is 5.75 Å². The van der Waals surface area contributed by atoms with E-state index in [2.05, 4.69) is 38.2 Å². The van der Waals surface area contributed by atoms with E-state index in [1.54, 1.807) is 12.1 Å². The molecule has 0 aliphatic carbocycles. The Kier molecular flexibility index (Phi) is 7.05. The molecule has 0 aliphatic heterocycles. The van der Waals surface area contributed by atoms with Crippen LogP contribution in [-0.4, -0.2) is 49.2 Å². The summed E-state index contributed by atoms with van der Waals surface area (Å²) < 4.78 is 11.3. The molecule has 0 aliphatic rings. The number of amides is 1. The predicted molar refractivity (Wildman–Crippen MR) is 105 cm³/mol. The number of likely N-dealkylation sites (N-methyl/N-ethyl adjacent to an activating group) is 1. The normalized spacial score (nSPS) is 12.9. The molecule has 6 nitrogen and oxygen atoms in total. The van der Waals surface area contributed by atoms with Crippen molar-refractivity contribution < 1.29 is 19.1 Å². The smallest absolute Gasteiger partial charge is 0.287 e. The third kappa shape index (κ3) is 6.73. The van der Waals surface area contributed by atoms with Crippen molar-refractivity contribution in [2.75, 3.05) is 27.2 Å². The van der Waals surface area contributed by atoms with E-state index < -0.39 is 6.10 Å². The predicted octanol–water partition coefficient (Wildman–Crippen LogP) is 2.81. The zero-order valence-corrected chi connectivity index (χ0v) is 16.8. The summed E-state index contributed by atoms with van der Waals surface area (Å²) in [6.07, 6.45) is -0.627. The quantitative estimate of drug-likeness (QED) is 0.743. The SMILES string of the molecule is CN(C)CC(O)CNC(=O)c1ccc(COc2ccc(C(C)(C)C)cc2)o1. The molecule has 27 heavy (non-hydrogen) atoms. The maximum absolute atomic E-state index is 12.1. The molecule has 0 fully saturated rings. The first-order valence-corrected chi connectivity index (χ1v) is 9.08. The maximum atomic E-state index is 12.1.